The first-order valence-corrected chi connectivity index (χ1v) is 12.3. The molecule has 9 heteroatoms. The van der Waals surface area contributed by atoms with Crippen LogP contribution in [-0.4, -0.2) is 69.2 Å². The number of nitrogens with zero attached hydrogens (tertiary/aromatic N) is 2. The molecule has 0 saturated heterocycles. The minimum absolute atomic E-state index is 0.0989. The third-order valence-electron chi connectivity index (χ3n) is 6.23. The Balaban J connectivity index is 1.81. The average Bonchev–Trinajstić information content (AvgIpc) is 3.45. The predicted molar refractivity (Wildman–Crippen MR) is 143 cm³/mol. The molecule has 0 saturated carbocycles. The van der Waals surface area contributed by atoms with E-state index in [-0.39, 0.29) is 30.9 Å². The lowest BCUT2D eigenvalue weighted by Gasteiger charge is -2.30. The molecule has 1 aromatic heterocycles. The van der Waals surface area contributed by atoms with Crippen LogP contribution in [0.3, 0.4) is 0 Å². The third-order valence-corrected chi connectivity index (χ3v) is 6.23. The van der Waals surface area contributed by atoms with Gasteiger partial charge in [0.1, 0.15) is 23.8 Å². The molecule has 1 heterocycles. The zero-order chi connectivity index (χ0) is 27.7. The van der Waals surface area contributed by atoms with E-state index < -0.39 is 0 Å². The maximum atomic E-state index is 13.6. The SMILES string of the molecule is COc1ccc(C(=O)N(CC(=O)N(CCc2ccc(OC)c(OC)c2)Cc2ccco2)C(C)C)c(OC)c1. The van der Waals surface area contributed by atoms with Gasteiger partial charge in [0.15, 0.2) is 11.5 Å². The van der Waals surface area contributed by atoms with Crippen LogP contribution in [0.2, 0.25) is 0 Å². The van der Waals surface area contributed by atoms with E-state index in [1.807, 2.05) is 38.1 Å². The topological polar surface area (TPSA) is 90.7 Å². The van der Waals surface area contributed by atoms with Gasteiger partial charge < -0.3 is 33.2 Å². The summed E-state index contributed by atoms with van der Waals surface area (Å²) in [7, 11) is 6.22. The molecule has 0 bridgehead atoms. The molecule has 2 aromatic carbocycles. The molecule has 0 N–H and O–H groups in total. The molecule has 0 unspecified atom stereocenters. The highest BCUT2D eigenvalue weighted by atomic mass is 16.5. The summed E-state index contributed by atoms with van der Waals surface area (Å²) in [6.07, 6.45) is 2.15. The van der Waals surface area contributed by atoms with Crippen LogP contribution < -0.4 is 18.9 Å². The number of methoxy groups -OCH3 is 4. The van der Waals surface area contributed by atoms with Crippen molar-refractivity contribution in [3.63, 3.8) is 0 Å². The Morgan fingerprint density at radius 2 is 1.61 bits per heavy atom. The molecule has 3 aromatic rings. The molecule has 0 aliphatic carbocycles. The Labute approximate surface area is 223 Å². The Morgan fingerprint density at radius 1 is 0.868 bits per heavy atom. The van der Waals surface area contributed by atoms with Gasteiger partial charge in [0.25, 0.3) is 5.91 Å². The summed E-state index contributed by atoms with van der Waals surface area (Å²) in [5, 5.41) is 0. The predicted octanol–water partition coefficient (Wildman–Crippen LogP) is 4.44. The molecular weight excluding hydrogens is 488 g/mol. The molecule has 0 fully saturated rings. The Hall–Kier alpha value is -4.14. The fourth-order valence-corrected chi connectivity index (χ4v) is 4.05. The van der Waals surface area contributed by atoms with Gasteiger partial charge in [-0.15, -0.1) is 0 Å². The summed E-state index contributed by atoms with van der Waals surface area (Å²) in [6, 6.07) is 14.1. The van der Waals surface area contributed by atoms with Crippen molar-refractivity contribution in [1.82, 2.24) is 9.80 Å². The lowest BCUT2D eigenvalue weighted by Crippen LogP contribution is -2.46. The second-order valence-electron chi connectivity index (χ2n) is 8.93. The summed E-state index contributed by atoms with van der Waals surface area (Å²) in [5.41, 5.74) is 1.34. The second kappa shape index (κ2) is 13.4. The highest BCUT2D eigenvalue weighted by Gasteiger charge is 2.27. The van der Waals surface area contributed by atoms with Gasteiger partial charge in [0.05, 0.1) is 46.8 Å². The Morgan fingerprint density at radius 3 is 2.21 bits per heavy atom. The fraction of sp³-hybridized carbons (Fsp3) is 0.379. The number of hydrogen-bond acceptors (Lipinski definition) is 7. The first kappa shape index (κ1) is 28.4. The summed E-state index contributed by atoms with van der Waals surface area (Å²) in [5.74, 6) is 2.38. The van der Waals surface area contributed by atoms with E-state index in [9.17, 15) is 9.59 Å². The average molecular weight is 525 g/mol. The number of carbonyl (C=O) groups is 2. The fourth-order valence-electron chi connectivity index (χ4n) is 4.05. The monoisotopic (exact) mass is 524 g/mol. The van der Waals surface area contributed by atoms with Crippen LogP contribution in [0, 0.1) is 0 Å². The number of carbonyl (C=O) groups excluding carboxylic acids is 2. The van der Waals surface area contributed by atoms with Crippen molar-refractivity contribution in [2.75, 3.05) is 41.5 Å². The standard InChI is InChI=1S/C29H36N2O7/c1-20(2)31(29(33)24-11-10-22(34-3)17-26(24)36-5)19-28(32)30(18-23-8-7-15-38-23)14-13-21-9-12-25(35-4)27(16-21)37-6/h7-12,15-17,20H,13-14,18-19H2,1-6H3. The van der Waals surface area contributed by atoms with E-state index in [0.29, 0.717) is 47.3 Å². The molecule has 0 radical (unpaired) electrons. The van der Waals surface area contributed by atoms with Crippen LogP contribution >= 0.6 is 0 Å². The summed E-state index contributed by atoms with van der Waals surface area (Å²) in [4.78, 5) is 30.4. The van der Waals surface area contributed by atoms with Crippen LogP contribution in [0.1, 0.15) is 35.5 Å². The van der Waals surface area contributed by atoms with Crippen molar-refractivity contribution in [3.05, 3.63) is 71.7 Å². The maximum absolute atomic E-state index is 13.6. The van der Waals surface area contributed by atoms with Gasteiger partial charge in [0, 0.05) is 18.7 Å². The Bertz CT molecular complexity index is 1210. The largest absolute Gasteiger partial charge is 0.497 e. The number of amides is 2. The molecule has 2 amide bonds. The van der Waals surface area contributed by atoms with Gasteiger partial charge in [0.2, 0.25) is 5.91 Å². The van der Waals surface area contributed by atoms with E-state index in [2.05, 4.69) is 0 Å². The second-order valence-corrected chi connectivity index (χ2v) is 8.93. The molecule has 0 atom stereocenters. The molecular formula is C29H36N2O7. The lowest BCUT2D eigenvalue weighted by molar-refractivity contribution is -0.133. The van der Waals surface area contributed by atoms with E-state index >= 15 is 0 Å². The lowest BCUT2D eigenvalue weighted by atomic mass is 10.1. The highest BCUT2D eigenvalue weighted by molar-refractivity contribution is 5.99. The van der Waals surface area contributed by atoms with Crippen LogP contribution in [0.25, 0.3) is 0 Å². The summed E-state index contributed by atoms with van der Waals surface area (Å²) >= 11 is 0. The molecule has 0 aliphatic rings. The van der Waals surface area contributed by atoms with Gasteiger partial charge in [-0.3, -0.25) is 9.59 Å². The van der Waals surface area contributed by atoms with Crippen molar-refractivity contribution < 1.29 is 33.0 Å². The van der Waals surface area contributed by atoms with Gasteiger partial charge in [-0.05, 0) is 62.2 Å². The van der Waals surface area contributed by atoms with Crippen molar-refractivity contribution in [2.24, 2.45) is 0 Å². The minimum atomic E-state index is -0.300. The molecule has 0 spiro atoms. The maximum Gasteiger partial charge on any atom is 0.258 e. The third kappa shape index (κ3) is 7.00. The van der Waals surface area contributed by atoms with Crippen molar-refractivity contribution in [1.29, 1.82) is 0 Å². The number of benzene rings is 2. The van der Waals surface area contributed by atoms with Crippen LogP contribution in [0.5, 0.6) is 23.0 Å². The Kier molecular flexibility index (Phi) is 10.0. The van der Waals surface area contributed by atoms with Gasteiger partial charge in [-0.2, -0.15) is 0 Å². The molecule has 3 rings (SSSR count). The normalized spacial score (nSPS) is 10.7. The van der Waals surface area contributed by atoms with E-state index in [1.54, 1.807) is 56.8 Å². The van der Waals surface area contributed by atoms with Crippen LogP contribution in [-0.2, 0) is 17.8 Å². The summed E-state index contributed by atoms with van der Waals surface area (Å²) < 4.78 is 26.9. The summed E-state index contributed by atoms with van der Waals surface area (Å²) in [6.45, 7) is 4.35. The van der Waals surface area contributed by atoms with E-state index in [0.717, 1.165) is 5.56 Å². The van der Waals surface area contributed by atoms with Crippen LogP contribution in [0.15, 0.2) is 59.2 Å². The number of hydrogen-bond donors (Lipinski definition) is 0. The number of furan rings is 1. The van der Waals surface area contributed by atoms with Crippen molar-refractivity contribution in [3.8, 4) is 23.0 Å². The van der Waals surface area contributed by atoms with E-state index in [4.69, 9.17) is 23.4 Å². The van der Waals surface area contributed by atoms with Gasteiger partial charge in [-0.1, -0.05) is 6.07 Å². The smallest absolute Gasteiger partial charge is 0.258 e. The number of rotatable bonds is 13. The first-order chi connectivity index (χ1) is 18.3. The molecule has 204 valence electrons. The minimum Gasteiger partial charge on any atom is -0.497 e. The molecule has 0 aliphatic heterocycles. The van der Waals surface area contributed by atoms with Crippen LogP contribution in [0.4, 0.5) is 0 Å². The van der Waals surface area contributed by atoms with E-state index in [1.165, 1.54) is 12.0 Å². The zero-order valence-electron chi connectivity index (χ0n) is 22.9. The highest BCUT2D eigenvalue weighted by Crippen LogP contribution is 2.28. The zero-order valence-corrected chi connectivity index (χ0v) is 22.9. The van der Waals surface area contributed by atoms with Gasteiger partial charge in [-0.25, -0.2) is 0 Å². The number of ether oxygens (including phenoxy) is 4. The van der Waals surface area contributed by atoms with Crippen molar-refractivity contribution in [2.45, 2.75) is 32.9 Å². The van der Waals surface area contributed by atoms with Crippen molar-refractivity contribution >= 4 is 11.8 Å². The van der Waals surface area contributed by atoms with Gasteiger partial charge >= 0.3 is 0 Å². The molecule has 38 heavy (non-hydrogen) atoms. The first-order valence-electron chi connectivity index (χ1n) is 12.3. The quantitative estimate of drug-likeness (QED) is 0.327. The molecule has 9 nitrogen and oxygen atoms in total.